The van der Waals surface area contributed by atoms with E-state index in [1.54, 1.807) is 0 Å². The fraction of sp³-hybridized carbons (Fsp3) is 1.00. The molecular weight excluding hydrogens is 406 g/mol. The van der Waals surface area contributed by atoms with E-state index in [2.05, 4.69) is 18.7 Å². The Hall–Kier alpha value is 1.11. The monoisotopic (exact) mass is 429 g/mol. The molecule has 24 heavy (non-hydrogen) atoms. The van der Waals surface area contributed by atoms with Gasteiger partial charge < -0.3 is 0 Å². The second-order valence-corrected chi connectivity index (χ2v) is 17.2. The van der Waals surface area contributed by atoms with E-state index in [4.69, 9.17) is 36.0 Å². The molecule has 0 bridgehead atoms. The number of rotatable bonds is 4. The van der Waals surface area contributed by atoms with Crippen LogP contribution < -0.4 is 0 Å². The SMILES string of the molecule is Cl[P@@]1(N2CCCC2)=N[P@](Cl)(N2CCCC2)=NP(N2CC2)(N2CC2)=N1. The van der Waals surface area contributed by atoms with Crippen LogP contribution in [-0.2, 0) is 0 Å². The zero-order valence-corrected chi connectivity index (χ0v) is 17.9. The third kappa shape index (κ3) is 2.84. The summed E-state index contributed by atoms with van der Waals surface area (Å²) < 4.78 is 25.1. The number of nitrogens with zero attached hydrogens (tertiary/aromatic N) is 7. The maximum Gasteiger partial charge on any atom is 0.239 e. The van der Waals surface area contributed by atoms with Crippen LogP contribution in [0.25, 0.3) is 0 Å². The summed E-state index contributed by atoms with van der Waals surface area (Å²) in [6, 6.07) is 0. The van der Waals surface area contributed by atoms with Gasteiger partial charge in [-0.1, -0.05) is 0 Å². The summed E-state index contributed by atoms with van der Waals surface area (Å²) in [5.74, 6) is 0. The lowest BCUT2D eigenvalue weighted by Gasteiger charge is -2.38. The van der Waals surface area contributed by atoms with Crippen molar-refractivity contribution in [1.82, 2.24) is 18.7 Å². The summed E-state index contributed by atoms with van der Waals surface area (Å²) in [6.07, 6.45) is 4.75. The van der Waals surface area contributed by atoms with Gasteiger partial charge in [0.2, 0.25) is 20.9 Å². The van der Waals surface area contributed by atoms with E-state index in [9.17, 15) is 0 Å². The average Bonchev–Trinajstić information content (AvgIpc) is 3.46. The summed E-state index contributed by atoms with van der Waals surface area (Å²) >= 11 is 14.4. The van der Waals surface area contributed by atoms with Gasteiger partial charge in [0, 0.05) is 52.4 Å². The van der Waals surface area contributed by atoms with E-state index in [0.29, 0.717) is 0 Å². The Morgan fingerprint density at radius 3 is 1.33 bits per heavy atom. The Morgan fingerprint density at radius 2 is 0.917 bits per heavy atom. The van der Waals surface area contributed by atoms with Crippen LogP contribution in [0.1, 0.15) is 25.7 Å². The summed E-state index contributed by atoms with van der Waals surface area (Å²) in [6.45, 7) is 3.44. The van der Waals surface area contributed by atoms with Gasteiger partial charge in [-0.25, -0.2) is 18.7 Å². The van der Waals surface area contributed by atoms with Crippen LogP contribution >= 0.6 is 43.4 Å². The Morgan fingerprint density at radius 1 is 0.500 bits per heavy atom. The number of hydrogen-bond acceptors (Lipinski definition) is 7. The van der Waals surface area contributed by atoms with Crippen molar-refractivity contribution in [3.63, 3.8) is 0 Å². The lowest BCUT2D eigenvalue weighted by Crippen LogP contribution is -2.18. The second kappa shape index (κ2) is 6.06. The van der Waals surface area contributed by atoms with Crippen LogP contribution in [-0.4, -0.2) is 71.0 Å². The average molecular weight is 430 g/mol. The maximum absolute atomic E-state index is 7.21. The molecule has 0 aromatic carbocycles. The van der Waals surface area contributed by atoms with Gasteiger partial charge in [0.25, 0.3) is 0 Å². The molecule has 5 aliphatic heterocycles. The highest BCUT2D eigenvalue weighted by Gasteiger charge is 2.52. The lowest BCUT2D eigenvalue weighted by molar-refractivity contribution is 0.558. The standard InChI is InChI=1S/C12H24Cl2N7P3/c13-22(18-5-1-2-6-18)15-23(14,19-7-3-4-8-19)17-24(16-22,20-9-10-20)21-11-12-21/h1-12H2/t22-,23+. The van der Waals surface area contributed by atoms with E-state index < -0.39 is 20.9 Å². The lowest BCUT2D eigenvalue weighted by atomic mass is 10.4. The molecule has 136 valence electrons. The highest BCUT2D eigenvalue weighted by Crippen LogP contribution is 2.86. The van der Waals surface area contributed by atoms with Gasteiger partial charge in [0.15, 0.2) is 0 Å². The van der Waals surface area contributed by atoms with Gasteiger partial charge in [-0.05, 0) is 48.2 Å². The molecule has 0 aliphatic carbocycles. The first-order chi connectivity index (χ1) is 11.5. The third-order valence-corrected chi connectivity index (χ3v) is 19.0. The molecule has 0 radical (unpaired) electrons. The fourth-order valence-electron chi connectivity index (χ4n) is 3.67. The van der Waals surface area contributed by atoms with E-state index in [-0.39, 0.29) is 0 Å². The molecule has 0 saturated carbocycles. The van der Waals surface area contributed by atoms with Gasteiger partial charge >= 0.3 is 0 Å². The van der Waals surface area contributed by atoms with E-state index in [0.717, 1.165) is 52.4 Å². The highest BCUT2D eigenvalue weighted by molar-refractivity contribution is 8.02. The van der Waals surface area contributed by atoms with E-state index in [1.807, 2.05) is 0 Å². The molecule has 0 amide bonds. The highest BCUT2D eigenvalue weighted by atomic mass is 35.7. The Bertz CT molecular complexity index is 668. The van der Waals surface area contributed by atoms with Crippen molar-refractivity contribution in [1.29, 1.82) is 0 Å². The molecule has 5 heterocycles. The zero-order valence-electron chi connectivity index (χ0n) is 13.7. The first-order valence-electron chi connectivity index (χ1n) is 8.87. The van der Waals surface area contributed by atoms with Crippen molar-refractivity contribution in [2.75, 3.05) is 52.4 Å². The first-order valence-corrected chi connectivity index (χ1v) is 15.6. The molecular formula is C12H24Cl2N7P3. The number of hydrogen-bond donors (Lipinski definition) is 0. The predicted octanol–water partition coefficient (Wildman–Crippen LogP) is 5.14. The van der Waals surface area contributed by atoms with Crippen molar-refractivity contribution in [3.05, 3.63) is 0 Å². The molecule has 4 fully saturated rings. The minimum Gasteiger partial charge on any atom is -0.240 e. The largest absolute Gasteiger partial charge is 0.240 e. The van der Waals surface area contributed by atoms with Crippen molar-refractivity contribution >= 4 is 43.4 Å². The summed E-state index contributed by atoms with van der Waals surface area (Å²) in [4.78, 5) is 0. The third-order valence-electron chi connectivity index (χ3n) is 5.19. The quantitative estimate of drug-likeness (QED) is 0.458. The van der Waals surface area contributed by atoms with Crippen molar-refractivity contribution in [3.8, 4) is 0 Å². The fourth-order valence-corrected chi connectivity index (χ4v) is 20.0. The molecule has 0 N–H and O–H groups in total. The summed E-state index contributed by atoms with van der Waals surface area (Å²) in [7, 11) is -2.09. The molecule has 0 aromatic rings. The Balaban J connectivity index is 1.70. The van der Waals surface area contributed by atoms with Crippen LogP contribution in [0.4, 0.5) is 0 Å². The summed E-state index contributed by atoms with van der Waals surface area (Å²) in [5.41, 5.74) is 0. The Kier molecular flexibility index (Phi) is 4.35. The van der Waals surface area contributed by atoms with Crippen LogP contribution in [0, 0.1) is 0 Å². The molecule has 5 aliphatic rings. The second-order valence-electron chi connectivity index (χ2n) is 7.02. The molecule has 4 saturated heterocycles. The normalized spacial score (nSPS) is 43.2. The molecule has 2 atom stereocenters. The number of halogens is 2. The van der Waals surface area contributed by atoms with Crippen molar-refractivity contribution < 1.29 is 0 Å². The van der Waals surface area contributed by atoms with Crippen molar-refractivity contribution in [2.45, 2.75) is 25.7 Å². The zero-order chi connectivity index (χ0) is 16.4. The first kappa shape index (κ1) is 17.2. The molecule has 7 nitrogen and oxygen atoms in total. The van der Waals surface area contributed by atoms with E-state index >= 15 is 0 Å². The van der Waals surface area contributed by atoms with Gasteiger partial charge in [-0.15, -0.1) is 0 Å². The van der Waals surface area contributed by atoms with Gasteiger partial charge in [0.05, 0.1) is 0 Å². The van der Waals surface area contributed by atoms with Gasteiger partial charge in [-0.3, -0.25) is 0 Å². The van der Waals surface area contributed by atoms with E-state index in [1.165, 1.54) is 25.7 Å². The molecule has 0 unspecified atom stereocenters. The van der Waals surface area contributed by atoms with Gasteiger partial charge in [0.1, 0.15) is 0 Å². The van der Waals surface area contributed by atoms with Crippen LogP contribution in [0.3, 0.4) is 0 Å². The minimum atomic E-state index is -2.43. The molecule has 5 rings (SSSR count). The van der Waals surface area contributed by atoms with Crippen LogP contribution in [0.15, 0.2) is 13.5 Å². The molecule has 12 heteroatoms. The topological polar surface area (TPSA) is 49.6 Å². The summed E-state index contributed by atoms with van der Waals surface area (Å²) in [5, 5.41) is 0. The van der Waals surface area contributed by atoms with Crippen LogP contribution in [0.5, 0.6) is 0 Å². The van der Waals surface area contributed by atoms with Gasteiger partial charge in [-0.2, -0.15) is 13.5 Å². The predicted molar refractivity (Wildman–Crippen MR) is 105 cm³/mol. The van der Waals surface area contributed by atoms with Crippen LogP contribution in [0.2, 0.25) is 0 Å². The molecule has 0 aromatic heterocycles. The maximum atomic E-state index is 7.21. The Labute approximate surface area is 153 Å². The van der Waals surface area contributed by atoms with Crippen molar-refractivity contribution in [2.24, 2.45) is 13.5 Å². The smallest absolute Gasteiger partial charge is 0.239 e. The minimum absolute atomic E-state index is 1.00. The molecule has 0 spiro atoms.